The van der Waals surface area contributed by atoms with Gasteiger partial charge in [0.2, 0.25) is 5.95 Å². The predicted octanol–water partition coefficient (Wildman–Crippen LogP) is 2.52. The minimum Gasteiger partial charge on any atom is -0.392 e. The van der Waals surface area contributed by atoms with E-state index < -0.39 is 0 Å². The van der Waals surface area contributed by atoms with E-state index in [0.717, 1.165) is 0 Å². The Morgan fingerprint density at radius 2 is 2.00 bits per heavy atom. The SMILES string of the molecule is Nc1nc(Cl)cc(-c2cccc(Cl)c2CO)n1. The van der Waals surface area contributed by atoms with Gasteiger partial charge in [-0.05, 0) is 6.07 Å². The Labute approximate surface area is 108 Å². The van der Waals surface area contributed by atoms with Crippen LogP contribution < -0.4 is 5.73 Å². The molecule has 17 heavy (non-hydrogen) atoms. The number of rotatable bonds is 2. The number of aliphatic hydroxyl groups is 1. The fraction of sp³-hybridized carbons (Fsp3) is 0.0909. The third-order valence-corrected chi connectivity index (χ3v) is 2.81. The molecule has 0 amide bonds. The van der Waals surface area contributed by atoms with Gasteiger partial charge in [0, 0.05) is 22.2 Å². The summed E-state index contributed by atoms with van der Waals surface area (Å²) in [4.78, 5) is 7.84. The molecule has 0 bridgehead atoms. The second-order valence-electron chi connectivity index (χ2n) is 3.36. The van der Waals surface area contributed by atoms with E-state index in [1.54, 1.807) is 24.3 Å². The standard InChI is InChI=1S/C11H9Cl2N3O/c12-8-3-1-2-6(7(8)5-17)9-4-10(13)16-11(14)15-9/h1-4,17H,5H2,(H2,14,15,16). The maximum atomic E-state index is 9.31. The van der Waals surface area contributed by atoms with Crippen molar-refractivity contribution in [2.75, 3.05) is 5.73 Å². The molecule has 1 heterocycles. The highest BCUT2D eigenvalue weighted by Gasteiger charge is 2.10. The average Bonchev–Trinajstić information content (AvgIpc) is 2.27. The van der Waals surface area contributed by atoms with Crippen molar-refractivity contribution in [3.8, 4) is 11.3 Å². The summed E-state index contributed by atoms with van der Waals surface area (Å²) in [7, 11) is 0. The van der Waals surface area contributed by atoms with Crippen LogP contribution in [0.2, 0.25) is 10.2 Å². The molecule has 0 radical (unpaired) electrons. The molecule has 6 heteroatoms. The summed E-state index contributed by atoms with van der Waals surface area (Å²) in [6, 6.07) is 6.82. The van der Waals surface area contributed by atoms with E-state index in [4.69, 9.17) is 28.9 Å². The lowest BCUT2D eigenvalue weighted by Crippen LogP contribution is -1.99. The monoisotopic (exact) mass is 269 g/mol. The van der Waals surface area contributed by atoms with Gasteiger partial charge in [-0.2, -0.15) is 0 Å². The first-order valence-corrected chi connectivity index (χ1v) is 5.56. The number of nitrogens with zero attached hydrogens (tertiary/aromatic N) is 2. The van der Waals surface area contributed by atoms with Crippen molar-refractivity contribution < 1.29 is 5.11 Å². The number of nitrogen functional groups attached to an aromatic ring is 1. The van der Waals surface area contributed by atoms with E-state index in [-0.39, 0.29) is 17.7 Å². The third-order valence-electron chi connectivity index (χ3n) is 2.27. The molecule has 0 aliphatic carbocycles. The van der Waals surface area contributed by atoms with E-state index in [1.807, 2.05) is 0 Å². The van der Waals surface area contributed by atoms with Crippen LogP contribution in [0.25, 0.3) is 11.3 Å². The second-order valence-corrected chi connectivity index (χ2v) is 4.15. The molecular formula is C11H9Cl2N3O. The summed E-state index contributed by atoms with van der Waals surface area (Å²) in [5, 5.41) is 10.0. The van der Waals surface area contributed by atoms with E-state index in [0.29, 0.717) is 21.8 Å². The summed E-state index contributed by atoms with van der Waals surface area (Å²) in [5.74, 6) is 0.0800. The van der Waals surface area contributed by atoms with Gasteiger partial charge in [0.05, 0.1) is 12.3 Å². The number of aromatic nitrogens is 2. The summed E-state index contributed by atoms with van der Waals surface area (Å²) >= 11 is 11.8. The molecule has 2 aromatic rings. The van der Waals surface area contributed by atoms with Crippen molar-refractivity contribution >= 4 is 29.2 Å². The lowest BCUT2D eigenvalue weighted by atomic mass is 10.0. The Kier molecular flexibility index (Phi) is 3.47. The zero-order valence-electron chi connectivity index (χ0n) is 8.69. The smallest absolute Gasteiger partial charge is 0.221 e. The normalized spacial score (nSPS) is 10.5. The Morgan fingerprint density at radius 1 is 1.24 bits per heavy atom. The quantitative estimate of drug-likeness (QED) is 0.822. The zero-order chi connectivity index (χ0) is 12.4. The molecular weight excluding hydrogens is 261 g/mol. The molecule has 0 atom stereocenters. The van der Waals surface area contributed by atoms with Crippen LogP contribution in [0.1, 0.15) is 5.56 Å². The summed E-state index contributed by atoms with van der Waals surface area (Å²) in [6.45, 7) is -0.184. The number of hydrogen-bond acceptors (Lipinski definition) is 4. The predicted molar refractivity (Wildman–Crippen MR) is 67.8 cm³/mol. The molecule has 88 valence electrons. The van der Waals surface area contributed by atoms with Crippen molar-refractivity contribution in [3.05, 3.63) is 40.0 Å². The van der Waals surface area contributed by atoms with Crippen LogP contribution in [0.3, 0.4) is 0 Å². The highest BCUT2D eigenvalue weighted by atomic mass is 35.5. The van der Waals surface area contributed by atoms with Gasteiger partial charge in [0.1, 0.15) is 5.15 Å². The van der Waals surface area contributed by atoms with Crippen molar-refractivity contribution in [2.24, 2.45) is 0 Å². The fourth-order valence-electron chi connectivity index (χ4n) is 1.53. The second kappa shape index (κ2) is 4.87. The van der Waals surface area contributed by atoms with Gasteiger partial charge >= 0.3 is 0 Å². The van der Waals surface area contributed by atoms with Gasteiger partial charge < -0.3 is 10.8 Å². The number of aliphatic hydroxyl groups excluding tert-OH is 1. The molecule has 0 aliphatic rings. The number of anilines is 1. The van der Waals surface area contributed by atoms with Gasteiger partial charge in [0.25, 0.3) is 0 Å². The van der Waals surface area contributed by atoms with Crippen molar-refractivity contribution in [3.63, 3.8) is 0 Å². The van der Waals surface area contributed by atoms with E-state index in [2.05, 4.69) is 9.97 Å². The van der Waals surface area contributed by atoms with E-state index in [9.17, 15) is 5.11 Å². The Morgan fingerprint density at radius 3 is 2.65 bits per heavy atom. The summed E-state index contributed by atoms with van der Waals surface area (Å²) in [6.07, 6.45) is 0. The molecule has 0 unspecified atom stereocenters. The minimum atomic E-state index is -0.184. The van der Waals surface area contributed by atoms with Crippen molar-refractivity contribution in [1.82, 2.24) is 9.97 Å². The highest BCUT2D eigenvalue weighted by Crippen LogP contribution is 2.29. The van der Waals surface area contributed by atoms with Gasteiger partial charge in [-0.15, -0.1) is 0 Å². The average molecular weight is 270 g/mol. The minimum absolute atomic E-state index is 0.0800. The first kappa shape index (κ1) is 12.1. The van der Waals surface area contributed by atoms with Crippen LogP contribution in [0.4, 0.5) is 5.95 Å². The van der Waals surface area contributed by atoms with E-state index >= 15 is 0 Å². The molecule has 0 saturated carbocycles. The molecule has 0 spiro atoms. The number of hydrogen-bond donors (Lipinski definition) is 2. The van der Waals surface area contributed by atoms with Crippen LogP contribution in [-0.2, 0) is 6.61 Å². The van der Waals surface area contributed by atoms with Gasteiger partial charge in [-0.1, -0.05) is 35.3 Å². The molecule has 0 saturated heterocycles. The topological polar surface area (TPSA) is 72.0 Å². The molecule has 2 rings (SSSR count). The van der Waals surface area contributed by atoms with E-state index in [1.165, 1.54) is 0 Å². The number of nitrogens with two attached hydrogens (primary N) is 1. The molecule has 3 N–H and O–H groups in total. The zero-order valence-corrected chi connectivity index (χ0v) is 10.2. The number of halogens is 2. The first-order chi connectivity index (χ1) is 8.11. The van der Waals surface area contributed by atoms with Crippen LogP contribution in [0.15, 0.2) is 24.3 Å². The van der Waals surface area contributed by atoms with Crippen molar-refractivity contribution in [2.45, 2.75) is 6.61 Å². The van der Waals surface area contributed by atoms with Gasteiger partial charge in [0.15, 0.2) is 0 Å². The maximum Gasteiger partial charge on any atom is 0.221 e. The molecule has 0 aliphatic heterocycles. The molecule has 1 aromatic heterocycles. The Balaban J connectivity index is 2.63. The maximum absolute atomic E-state index is 9.31. The fourth-order valence-corrected chi connectivity index (χ4v) is 1.96. The summed E-state index contributed by atoms with van der Waals surface area (Å²) in [5.41, 5.74) is 7.34. The lowest BCUT2D eigenvalue weighted by Gasteiger charge is -2.09. The van der Waals surface area contributed by atoms with Crippen LogP contribution in [0.5, 0.6) is 0 Å². The van der Waals surface area contributed by atoms with Crippen molar-refractivity contribution in [1.29, 1.82) is 0 Å². The number of benzene rings is 1. The van der Waals surface area contributed by atoms with Gasteiger partial charge in [-0.25, -0.2) is 9.97 Å². The first-order valence-electron chi connectivity index (χ1n) is 4.80. The van der Waals surface area contributed by atoms with Crippen LogP contribution >= 0.6 is 23.2 Å². The van der Waals surface area contributed by atoms with Crippen LogP contribution in [-0.4, -0.2) is 15.1 Å². The van der Waals surface area contributed by atoms with Gasteiger partial charge in [-0.3, -0.25) is 0 Å². The third kappa shape index (κ3) is 2.49. The Bertz CT molecular complexity index is 540. The Hall–Kier alpha value is -1.36. The molecule has 1 aromatic carbocycles. The largest absolute Gasteiger partial charge is 0.392 e. The molecule has 0 fully saturated rings. The summed E-state index contributed by atoms with van der Waals surface area (Å²) < 4.78 is 0. The van der Waals surface area contributed by atoms with Crippen LogP contribution in [0, 0.1) is 0 Å². The molecule has 4 nitrogen and oxygen atoms in total. The highest BCUT2D eigenvalue weighted by molar-refractivity contribution is 6.32. The lowest BCUT2D eigenvalue weighted by molar-refractivity contribution is 0.282.